The molecule has 1 heterocycles. The van der Waals surface area contributed by atoms with Crippen molar-refractivity contribution in [3.8, 4) is 0 Å². The molecule has 0 radical (unpaired) electrons. The van der Waals surface area contributed by atoms with Gasteiger partial charge in [0.25, 0.3) is 5.91 Å². The van der Waals surface area contributed by atoms with Crippen molar-refractivity contribution < 1.29 is 4.79 Å². The summed E-state index contributed by atoms with van der Waals surface area (Å²) in [6, 6.07) is 3.24. The van der Waals surface area contributed by atoms with E-state index in [0.717, 1.165) is 19.3 Å². The predicted molar refractivity (Wildman–Crippen MR) is 64.2 cm³/mol. The highest BCUT2D eigenvalue weighted by Crippen LogP contribution is 2.34. The summed E-state index contributed by atoms with van der Waals surface area (Å²) < 4.78 is 0. The molecule has 1 aromatic heterocycles. The van der Waals surface area contributed by atoms with Crippen LogP contribution in [-0.4, -0.2) is 21.6 Å². The Morgan fingerprint density at radius 3 is 2.65 bits per heavy atom. The summed E-state index contributed by atoms with van der Waals surface area (Å²) in [6.45, 7) is 2.09. The molecule has 1 aliphatic carbocycles. The lowest BCUT2D eigenvalue weighted by molar-refractivity contribution is 0.0814. The maximum atomic E-state index is 11.9. The van der Waals surface area contributed by atoms with Gasteiger partial charge in [0.15, 0.2) is 11.5 Å². The molecule has 0 aliphatic heterocycles. The number of hydrogen-bond acceptors (Lipinski definition) is 5. The highest BCUT2D eigenvalue weighted by molar-refractivity contribution is 5.92. The third kappa shape index (κ3) is 2.36. The van der Waals surface area contributed by atoms with Gasteiger partial charge in [-0.15, -0.1) is 10.2 Å². The molecule has 6 nitrogen and oxygen atoms in total. The van der Waals surface area contributed by atoms with Crippen molar-refractivity contribution in [3.05, 3.63) is 17.8 Å². The number of nitrogens with one attached hydrogen (secondary N) is 2. The Balaban J connectivity index is 2.03. The van der Waals surface area contributed by atoms with Crippen LogP contribution in [0.25, 0.3) is 0 Å². The average molecular weight is 235 g/mol. The molecule has 0 atom stereocenters. The van der Waals surface area contributed by atoms with Crippen molar-refractivity contribution in [1.82, 2.24) is 15.5 Å². The van der Waals surface area contributed by atoms with Gasteiger partial charge in [0, 0.05) is 5.54 Å². The first kappa shape index (κ1) is 11.8. The number of nitrogen functional groups attached to an aromatic ring is 1. The number of hydrogen-bond donors (Lipinski definition) is 3. The normalized spacial score (nSPS) is 17.1. The molecule has 2 rings (SSSR count). The zero-order chi connectivity index (χ0) is 12.3. The van der Waals surface area contributed by atoms with Crippen LogP contribution in [0, 0.1) is 0 Å². The van der Waals surface area contributed by atoms with Crippen LogP contribution < -0.4 is 16.6 Å². The molecule has 1 amide bonds. The van der Waals surface area contributed by atoms with Gasteiger partial charge in [0.2, 0.25) is 0 Å². The maximum Gasteiger partial charge on any atom is 0.272 e. The molecule has 0 saturated heterocycles. The minimum Gasteiger partial charge on any atom is -0.345 e. The fourth-order valence-electron chi connectivity index (χ4n) is 2.01. The Labute approximate surface area is 100.0 Å². The molecule has 0 spiro atoms. The van der Waals surface area contributed by atoms with Crippen LogP contribution in [0.2, 0.25) is 0 Å². The number of nitrogens with zero attached hydrogens (tertiary/aromatic N) is 2. The third-order valence-corrected chi connectivity index (χ3v) is 3.41. The highest BCUT2D eigenvalue weighted by Gasteiger charge is 2.36. The Hall–Kier alpha value is -1.69. The van der Waals surface area contributed by atoms with E-state index in [0.29, 0.717) is 11.5 Å². The molecule has 1 saturated carbocycles. The number of rotatable bonds is 4. The highest BCUT2D eigenvalue weighted by atomic mass is 16.2. The molecular formula is C11H17N5O. The van der Waals surface area contributed by atoms with E-state index in [1.165, 1.54) is 6.42 Å². The summed E-state index contributed by atoms with van der Waals surface area (Å²) >= 11 is 0. The third-order valence-electron chi connectivity index (χ3n) is 3.41. The van der Waals surface area contributed by atoms with E-state index in [1.54, 1.807) is 12.1 Å². The molecule has 0 bridgehead atoms. The second-order valence-corrected chi connectivity index (χ2v) is 4.39. The predicted octanol–water partition coefficient (Wildman–Crippen LogP) is 0.825. The van der Waals surface area contributed by atoms with E-state index in [-0.39, 0.29) is 11.4 Å². The molecule has 0 aromatic carbocycles. The van der Waals surface area contributed by atoms with Crippen LogP contribution in [-0.2, 0) is 0 Å². The van der Waals surface area contributed by atoms with E-state index in [2.05, 4.69) is 27.9 Å². The van der Waals surface area contributed by atoms with Crippen molar-refractivity contribution in [2.75, 3.05) is 5.43 Å². The van der Waals surface area contributed by atoms with Gasteiger partial charge in [-0.05, 0) is 37.8 Å². The van der Waals surface area contributed by atoms with Crippen molar-refractivity contribution in [1.29, 1.82) is 0 Å². The van der Waals surface area contributed by atoms with Gasteiger partial charge in [0.05, 0.1) is 0 Å². The van der Waals surface area contributed by atoms with Gasteiger partial charge >= 0.3 is 0 Å². The Morgan fingerprint density at radius 2 is 2.24 bits per heavy atom. The van der Waals surface area contributed by atoms with Crippen LogP contribution in [0.3, 0.4) is 0 Å². The summed E-state index contributed by atoms with van der Waals surface area (Å²) in [5.74, 6) is 5.45. The monoisotopic (exact) mass is 235 g/mol. The molecule has 6 heteroatoms. The smallest absolute Gasteiger partial charge is 0.272 e. The number of hydrazine groups is 1. The van der Waals surface area contributed by atoms with Gasteiger partial charge in [-0.25, -0.2) is 5.84 Å². The van der Waals surface area contributed by atoms with Gasteiger partial charge in [0.1, 0.15) is 0 Å². The lowest BCUT2D eigenvalue weighted by Gasteiger charge is -2.41. The van der Waals surface area contributed by atoms with Gasteiger partial charge in [-0.2, -0.15) is 0 Å². The Morgan fingerprint density at radius 1 is 1.47 bits per heavy atom. The Bertz CT molecular complexity index is 393. The molecule has 1 fully saturated rings. The minimum atomic E-state index is -0.164. The zero-order valence-electron chi connectivity index (χ0n) is 9.86. The largest absolute Gasteiger partial charge is 0.345 e. The molecule has 1 aromatic rings. The SMILES string of the molecule is CCC1(NC(=O)c2ccc(NN)nn2)CCC1. The van der Waals surface area contributed by atoms with E-state index in [9.17, 15) is 4.79 Å². The topological polar surface area (TPSA) is 92.9 Å². The first-order chi connectivity index (χ1) is 8.19. The van der Waals surface area contributed by atoms with Crippen LogP contribution in [0.1, 0.15) is 43.1 Å². The fraction of sp³-hybridized carbons (Fsp3) is 0.545. The first-order valence-corrected chi connectivity index (χ1v) is 5.82. The number of carbonyl (C=O) groups excluding carboxylic acids is 1. The van der Waals surface area contributed by atoms with Crippen LogP contribution in [0.15, 0.2) is 12.1 Å². The minimum absolute atomic E-state index is 0.0243. The number of anilines is 1. The fourth-order valence-corrected chi connectivity index (χ4v) is 2.01. The van der Waals surface area contributed by atoms with E-state index < -0.39 is 0 Å². The van der Waals surface area contributed by atoms with Crippen LogP contribution >= 0.6 is 0 Å². The van der Waals surface area contributed by atoms with Gasteiger partial charge in [-0.1, -0.05) is 6.92 Å². The zero-order valence-corrected chi connectivity index (χ0v) is 9.86. The van der Waals surface area contributed by atoms with E-state index in [4.69, 9.17) is 5.84 Å². The van der Waals surface area contributed by atoms with Crippen LogP contribution in [0.5, 0.6) is 0 Å². The number of aromatic nitrogens is 2. The maximum absolute atomic E-state index is 11.9. The van der Waals surface area contributed by atoms with Crippen molar-refractivity contribution in [2.24, 2.45) is 5.84 Å². The summed E-state index contributed by atoms with van der Waals surface area (Å²) in [5, 5.41) is 10.6. The average Bonchev–Trinajstić information content (AvgIpc) is 2.33. The second-order valence-electron chi connectivity index (χ2n) is 4.39. The standard InChI is InChI=1S/C11H17N5O/c1-2-11(6-3-7-11)13-10(17)8-4-5-9(14-12)16-15-8/h4-5H,2-3,6-7,12H2,1H3,(H,13,17)(H,14,16). The van der Waals surface area contributed by atoms with Crippen molar-refractivity contribution in [2.45, 2.75) is 38.1 Å². The molecule has 4 N–H and O–H groups in total. The lowest BCUT2D eigenvalue weighted by atomic mass is 9.75. The van der Waals surface area contributed by atoms with Crippen molar-refractivity contribution in [3.63, 3.8) is 0 Å². The molecule has 1 aliphatic rings. The van der Waals surface area contributed by atoms with Gasteiger partial charge < -0.3 is 10.7 Å². The molecule has 17 heavy (non-hydrogen) atoms. The first-order valence-electron chi connectivity index (χ1n) is 5.82. The van der Waals surface area contributed by atoms with Crippen molar-refractivity contribution >= 4 is 11.7 Å². The summed E-state index contributed by atoms with van der Waals surface area (Å²) in [5.41, 5.74) is 2.67. The summed E-state index contributed by atoms with van der Waals surface area (Å²) in [4.78, 5) is 11.9. The summed E-state index contributed by atoms with van der Waals surface area (Å²) in [6.07, 6.45) is 4.22. The number of nitrogens with two attached hydrogens (primary N) is 1. The molecule has 92 valence electrons. The van der Waals surface area contributed by atoms with E-state index in [1.807, 2.05) is 0 Å². The molecular weight excluding hydrogens is 218 g/mol. The summed E-state index contributed by atoms with van der Waals surface area (Å²) in [7, 11) is 0. The lowest BCUT2D eigenvalue weighted by Crippen LogP contribution is -2.53. The second kappa shape index (κ2) is 4.67. The number of amides is 1. The van der Waals surface area contributed by atoms with Gasteiger partial charge in [-0.3, -0.25) is 4.79 Å². The molecule has 0 unspecified atom stereocenters. The quantitative estimate of drug-likeness (QED) is 0.531. The van der Waals surface area contributed by atoms with E-state index >= 15 is 0 Å². The number of carbonyl (C=O) groups is 1. The Kier molecular flexibility index (Phi) is 3.23. The van der Waals surface area contributed by atoms with Crippen LogP contribution in [0.4, 0.5) is 5.82 Å².